The number of guanidine groups is 1. The van der Waals surface area contributed by atoms with Crippen LogP contribution in [0.5, 0.6) is 17.2 Å². The van der Waals surface area contributed by atoms with Crippen LogP contribution in [0.1, 0.15) is 12.0 Å². The Morgan fingerprint density at radius 1 is 1.03 bits per heavy atom. The van der Waals surface area contributed by atoms with Crippen molar-refractivity contribution in [3.63, 3.8) is 0 Å². The van der Waals surface area contributed by atoms with E-state index in [1.54, 1.807) is 14.2 Å². The molecule has 2 aromatic rings. The van der Waals surface area contributed by atoms with Gasteiger partial charge in [0.25, 0.3) is 0 Å². The molecule has 0 spiro atoms. The SMILES string of the molecule is COc1ccc(CCCN=C(N)Nc2ccc(OC(F)(F)F)cc2)cc1OC.I. The fraction of sp³-hybridized carbons (Fsp3) is 0.316. The number of rotatable bonds is 8. The van der Waals surface area contributed by atoms with Crippen LogP contribution in [0.15, 0.2) is 47.5 Å². The largest absolute Gasteiger partial charge is 0.573 e. The molecule has 10 heteroatoms. The standard InChI is InChI=1S/C19H22F3N3O3.HI/c1-26-16-10-5-13(12-17(16)27-2)4-3-11-24-18(23)25-14-6-8-15(9-7-14)28-19(20,21)22;/h5-10,12H,3-4,11H2,1-2H3,(H3,23,24,25);1H. The van der Waals surface area contributed by atoms with E-state index in [2.05, 4.69) is 15.0 Å². The summed E-state index contributed by atoms with van der Waals surface area (Å²) in [6.45, 7) is 0.489. The molecule has 0 saturated carbocycles. The first-order chi connectivity index (χ1) is 13.3. The van der Waals surface area contributed by atoms with Crippen LogP contribution in [0.2, 0.25) is 0 Å². The number of hydrogen-bond acceptors (Lipinski definition) is 4. The number of nitrogens with one attached hydrogen (secondary N) is 1. The molecule has 0 atom stereocenters. The Labute approximate surface area is 184 Å². The lowest BCUT2D eigenvalue weighted by atomic mass is 10.1. The second kappa shape index (κ2) is 11.6. The molecule has 6 nitrogen and oxygen atoms in total. The second-order valence-corrected chi connectivity index (χ2v) is 5.76. The Morgan fingerprint density at radius 3 is 2.28 bits per heavy atom. The molecule has 0 radical (unpaired) electrons. The highest BCUT2D eigenvalue weighted by Gasteiger charge is 2.30. The van der Waals surface area contributed by atoms with Crippen molar-refractivity contribution in [1.82, 2.24) is 0 Å². The number of benzene rings is 2. The molecule has 0 unspecified atom stereocenters. The number of hydrogen-bond donors (Lipinski definition) is 2. The summed E-state index contributed by atoms with van der Waals surface area (Å²) in [4.78, 5) is 4.21. The number of aryl methyl sites for hydroxylation is 1. The van der Waals surface area contributed by atoms with Crippen LogP contribution < -0.4 is 25.3 Å². The number of methoxy groups -OCH3 is 2. The normalized spacial score (nSPS) is 11.4. The van der Waals surface area contributed by atoms with E-state index in [4.69, 9.17) is 15.2 Å². The van der Waals surface area contributed by atoms with Crippen LogP contribution in [0.25, 0.3) is 0 Å². The predicted molar refractivity (Wildman–Crippen MR) is 117 cm³/mol. The van der Waals surface area contributed by atoms with Gasteiger partial charge in [0.1, 0.15) is 5.75 Å². The average molecular weight is 525 g/mol. The highest BCUT2D eigenvalue weighted by molar-refractivity contribution is 14.0. The van der Waals surface area contributed by atoms with E-state index in [1.807, 2.05) is 18.2 Å². The lowest BCUT2D eigenvalue weighted by Gasteiger charge is -2.10. The number of nitrogens with two attached hydrogens (primary N) is 1. The molecule has 0 fully saturated rings. The number of alkyl halides is 3. The molecule has 2 aromatic carbocycles. The van der Waals surface area contributed by atoms with Gasteiger partial charge in [-0.2, -0.15) is 0 Å². The smallest absolute Gasteiger partial charge is 0.493 e. The van der Waals surface area contributed by atoms with Gasteiger partial charge in [0, 0.05) is 12.2 Å². The van der Waals surface area contributed by atoms with Gasteiger partial charge in [-0.15, -0.1) is 37.1 Å². The minimum Gasteiger partial charge on any atom is -0.493 e. The summed E-state index contributed by atoms with van der Waals surface area (Å²) in [6.07, 6.45) is -3.18. The van der Waals surface area contributed by atoms with Gasteiger partial charge in [-0.05, 0) is 54.8 Å². The van der Waals surface area contributed by atoms with Gasteiger partial charge in [0.2, 0.25) is 0 Å². The monoisotopic (exact) mass is 525 g/mol. The predicted octanol–water partition coefficient (Wildman–Crippen LogP) is 4.58. The van der Waals surface area contributed by atoms with E-state index in [1.165, 1.54) is 24.3 Å². The number of halogens is 4. The molecule has 160 valence electrons. The highest BCUT2D eigenvalue weighted by Crippen LogP contribution is 2.28. The number of aliphatic imine (C=N–C) groups is 1. The third-order valence-corrected chi connectivity index (χ3v) is 3.71. The topological polar surface area (TPSA) is 78.1 Å². The van der Waals surface area contributed by atoms with Crippen molar-refractivity contribution in [2.75, 3.05) is 26.1 Å². The fourth-order valence-electron chi connectivity index (χ4n) is 2.45. The molecule has 0 aliphatic carbocycles. The maximum Gasteiger partial charge on any atom is 0.573 e. The van der Waals surface area contributed by atoms with Crippen molar-refractivity contribution >= 4 is 35.6 Å². The Bertz CT molecular complexity index is 800. The van der Waals surface area contributed by atoms with E-state index in [9.17, 15) is 13.2 Å². The van der Waals surface area contributed by atoms with Crippen LogP contribution in [0.3, 0.4) is 0 Å². The summed E-state index contributed by atoms with van der Waals surface area (Å²) in [7, 11) is 3.17. The summed E-state index contributed by atoms with van der Waals surface area (Å²) >= 11 is 0. The average Bonchev–Trinajstić information content (AvgIpc) is 2.65. The summed E-state index contributed by atoms with van der Waals surface area (Å²) < 4.78 is 50.7. The molecule has 0 aliphatic rings. The van der Waals surface area contributed by atoms with Gasteiger partial charge < -0.3 is 25.3 Å². The summed E-state index contributed by atoms with van der Waals surface area (Å²) in [5, 5.41) is 2.82. The van der Waals surface area contributed by atoms with Gasteiger partial charge in [-0.1, -0.05) is 6.07 Å². The quantitative estimate of drug-likeness (QED) is 0.229. The van der Waals surface area contributed by atoms with Crippen molar-refractivity contribution in [3.8, 4) is 17.2 Å². The van der Waals surface area contributed by atoms with Crippen LogP contribution >= 0.6 is 24.0 Å². The first-order valence-corrected chi connectivity index (χ1v) is 8.44. The van der Waals surface area contributed by atoms with Gasteiger partial charge >= 0.3 is 6.36 Å². The Kier molecular flexibility index (Phi) is 9.86. The van der Waals surface area contributed by atoms with E-state index in [0.29, 0.717) is 23.7 Å². The number of anilines is 1. The van der Waals surface area contributed by atoms with E-state index < -0.39 is 6.36 Å². The first kappa shape index (κ1) is 24.7. The molecule has 0 amide bonds. The number of nitrogens with zero attached hydrogens (tertiary/aromatic N) is 1. The van der Waals surface area contributed by atoms with Gasteiger partial charge in [-0.3, -0.25) is 4.99 Å². The van der Waals surface area contributed by atoms with Crippen molar-refractivity contribution in [2.45, 2.75) is 19.2 Å². The summed E-state index contributed by atoms with van der Waals surface area (Å²) in [5.74, 6) is 1.22. The third-order valence-electron chi connectivity index (χ3n) is 3.71. The van der Waals surface area contributed by atoms with Crippen molar-refractivity contribution in [2.24, 2.45) is 10.7 Å². The number of ether oxygens (including phenoxy) is 3. The van der Waals surface area contributed by atoms with Crippen molar-refractivity contribution < 1.29 is 27.4 Å². The zero-order chi connectivity index (χ0) is 20.6. The van der Waals surface area contributed by atoms with Crippen molar-refractivity contribution in [3.05, 3.63) is 48.0 Å². The lowest BCUT2D eigenvalue weighted by molar-refractivity contribution is -0.274. The summed E-state index contributed by atoms with van der Waals surface area (Å²) in [6, 6.07) is 11.0. The second-order valence-electron chi connectivity index (χ2n) is 5.76. The Morgan fingerprint density at radius 2 is 1.69 bits per heavy atom. The van der Waals surface area contributed by atoms with Crippen molar-refractivity contribution in [1.29, 1.82) is 0 Å². The van der Waals surface area contributed by atoms with Crippen LogP contribution in [-0.4, -0.2) is 33.1 Å². The lowest BCUT2D eigenvalue weighted by Crippen LogP contribution is -2.23. The molecule has 29 heavy (non-hydrogen) atoms. The maximum absolute atomic E-state index is 12.1. The van der Waals surface area contributed by atoms with Gasteiger partial charge in [0.15, 0.2) is 17.5 Å². The molecular formula is C19H23F3IN3O3. The molecule has 2 rings (SSSR count). The summed E-state index contributed by atoms with van der Waals surface area (Å²) in [5.41, 5.74) is 7.39. The van der Waals surface area contributed by atoms with Gasteiger partial charge in [0.05, 0.1) is 14.2 Å². The molecule has 0 aromatic heterocycles. The zero-order valence-electron chi connectivity index (χ0n) is 16.0. The Hall–Kier alpha value is -2.37. The minimum atomic E-state index is -4.72. The third kappa shape index (κ3) is 8.67. The molecule has 0 saturated heterocycles. The van der Waals surface area contributed by atoms with Crippen LogP contribution in [0, 0.1) is 0 Å². The van der Waals surface area contributed by atoms with Gasteiger partial charge in [-0.25, -0.2) is 0 Å². The minimum absolute atomic E-state index is 0. The van der Waals surface area contributed by atoms with E-state index in [0.717, 1.165) is 18.4 Å². The van der Waals surface area contributed by atoms with Crippen LogP contribution in [-0.2, 0) is 6.42 Å². The first-order valence-electron chi connectivity index (χ1n) is 8.44. The van der Waals surface area contributed by atoms with E-state index >= 15 is 0 Å². The molecule has 0 heterocycles. The van der Waals surface area contributed by atoms with E-state index in [-0.39, 0.29) is 35.7 Å². The molecule has 3 N–H and O–H groups in total. The highest BCUT2D eigenvalue weighted by atomic mass is 127. The Balaban J connectivity index is 0.00000420. The van der Waals surface area contributed by atoms with Crippen LogP contribution in [0.4, 0.5) is 18.9 Å². The molecule has 0 bridgehead atoms. The maximum atomic E-state index is 12.1. The fourth-order valence-corrected chi connectivity index (χ4v) is 2.45. The zero-order valence-corrected chi connectivity index (χ0v) is 18.3. The molecular weight excluding hydrogens is 502 g/mol. The molecule has 0 aliphatic heterocycles.